The van der Waals surface area contributed by atoms with Gasteiger partial charge in [-0.2, -0.15) is 0 Å². The maximum absolute atomic E-state index is 12.8. The summed E-state index contributed by atoms with van der Waals surface area (Å²) >= 11 is 1.61. The first-order valence-electron chi connectivity index (χ1n) is 8.31. The van der Waals surface area contributed by atoms with Gasteiger partial charge in [-0.25, -0.2) is 0 Å². The molecule has 0 spiro atoms. The highest BCUT2D eigenvalue weighted by Gasteiger charge is 2.24. The first-order chi connectivity index (χ1) is 12.2. The average molecular weight is 350 g/mol. The highest BCUT2D eigenvalue weighted by atomic mass is 32.1. The van der Waals surface area contributed by atoms with Crippen molar-refractivity contribution in [2.45, 2.75) is 19.4 Å². The van der Waals surface area contributed by atoms with E-state index >= 15 is 0 Å². The molecule has 0 saturated carbocycles. The third kappa shape index (κ3) is 3.28. The quantitative estimate of drug-likeness (QED) is 0.788. The monoisotopic (exact) mass is 350 g/mol. The number of hydrogen-bond acceptors (Lipinski definition) is 3. The highest BCUT2D eigenvalue weighted by molar-refractivity contribution is 7.10. The summed E-state index contributed by atoms with van der Waals surface area (Å²) in [7, 11) is 0. The van der Waals surface area contributed by atoms with E-state index in [-0.39, 0.29) is 11.3 Å². The second kappa shape index (κ2) is 6.69. The van der Waals surface area contributed by atoms with Crippen LogP contribution >= 0.6 is 11.3 Å². The van der Waals surface area contributed by atoms with Crippen LogP contribution in [0.4, 0.5) is 0 Å². The number of carbonyl (C=O) groups excluding carboxylic acids is 1. The van der Waals surface area contributed by atoms with Crippen molar-refractivity contribution in [2.75, 3.05) is 6.54 Å². The van der Waals surface area contributed by atoms with E-state index in [1.54, 1.807) is 22.4 Å². The molecule has 25 heavy (non-hydrogen) atoms. The fourth-order valence-electron chi connectivity index (χ4n) is 3.21. The second-order valence-corrected chi connectivity index (χ2v) is 7.24. The SMILES string of the molecule is O=C(c1csc(Cc2ccccc2)c1)N1CCc2[nH]ccc(=O)c2C1. The van der Waals surface area contributed by atoms with Gasteiger partial charge in [0.1, 0.15) is 0 Å². The normalized spacial score (nSPS) is 13.5. The summed E-state index contributed by atoms with van der Waals surface area (Å²) in [6.07, 6.45) is 3.20. The van der Waals surface area contributed by atoms with Crippen molar-refractivity contribution in [3.05, 3.63) is 91.5 Å². The molecule has 5 heteroatoms. The Morgan fingerprint density at radius 3 is 2.88 bits per heavy atom. The number of rotatable bonds is 3. The fourth-order valence-corrected chi connectivity index (χ4v) is 4.10. The summed E-state index contributed by atoms with van der Waals surface area (Å²) in [5.74, 6) is 0.00413. The summed E-state index contributed by atoms with van der Waals surface area (Å²) < 4.78 is 0. The van der Waals surface area contributed by atoms with Gasteiger partial charge in [-0.05, 0) is 11.6 Å². The smallest absolute Gasteiger partial charge is 0.255 e. The predicted molar refractivity (Wildman–Crippen MR) is 99.1 cm³/mol. The predicted octanol–water partition coefficient (Wildman–Crippen LogP) is 3.23. The van der Waals surface area contributed by atoms with Crippen molar-refractivity contribution >= 4 is 17.2 Å². The average Bonchev–Trinajstić information content (AvgIpc) is 3.10. The zero-order chi connectivity index (χ0) is 17.2. The number of fused-ring (bicyclic) bond motifs is 1. The van der Waals surface area contributed by atoms with Gasteiger partial charge >= 0.3 is 0 Å². The Hall–Kier alpha value is -2.66. The maximum Gasteiger partial charge on any atom is 0.255 e. The van der Waals surface area contributed by atoms with Crippen LogP contribution in [0.2, 0.25) is 0 Å². The van der Waals surface area contributed by atoms with E-state index in [4.69, 9.17) is 0 Å². The van der Waals surface area contributed by atoms with E-state index in [9.17, 15) is 9.59 Å². The molecule has 1 N–H and O–H groups in total. The first-order valence-corrected chi connectivity index (χ1v) is 9.19. The molecule has 0 aliphatic carbocycles. The number of benzene rings is 1. The number of hydrogen-bond donors (Lipinski definition) is 1. The lowest BCUT2D eigenvalue weighted by Gasteiger charge is -2.27. The largest absolute Gasteiger partial charge is 0.364 e. The molecule has 126 valence electrons. The van der Waals surface area contributed by atoms with E-state index in [0.717, 1.165) is 12.1 Å². The lowest BCUT2D eigenvalue weighted by molar-refractivity contribution is 0.0733. The number of H-pyrrole nitrogens is 1. The summed E-state index contributed by atoms with van der Waals surface area (Å²) in [6, 6.07) is 13.7. The van der Waals surface area contributed by atoms with Crippen molar-refractivity contribution in [1.82, 2.24) is 9.88 Å². The number of nitrogens with zero attached hydrogens (tertiary/aromatic N) is 1. The minimum atomic E-state index is 0.00124. The van der Waals surface area contributed by atoms with Crippen molar-refractivity contribution in [2.24, 2.45) is 0 Å². The number of carbonyl (C=O) groups is 1. The van der Waals surface area contributed by atoms with E-state index in [1.165, 1.54) is 16.5 Å². The molecule has 0 bridgehead atoms. The van der Waals surface area contributed by atoms with Crippen LogP contribution in [0.25, 0.3) is 0 Å². The van der Waals surface area contributed by atoms with Crippen molar-refractivity contribution < 1.29 is 4.79 Å². The van der Waals surface area contributed by atoms with Gasteiger partial charge in [0.25, 0.3) is 5.91 Å². The number of nitrogens with one attached hydrogen (secondary N) is 1. The Balaban J connectivity index is 1.51. The topological polar surface area (TPSA) is 53.2 Å². The van der Waals surface area contributed by atoms with E-state index in [2.05, 4.69) is 17.1 Å². The summed E-state index contributed by atoms with van der Waals surface area (Å²) in [6.45, 7) is 1.02. The Kier molecular flexibility index (Phi) is 4.24. The Bertz CT molecular complexity index is 959. The van der Waals surface area contributed by atoms with Crippen LogP contribution < -0.4 is 5.43 Å². The third-order valence-electron chi connectivity index (χ3n) is 4.54. The van der Waals surface area contributed by atoms with Crippen LogP contribution in [-0.2, 0) is 19.4 Å². The minimum absolute atomic E-state index is 0.00124. The number of amides is 1. The lowest BCUT2D eigenvalue weighted by Crippen LogP contribution is -2.38. The fraction of sp³-hybridized carbons (Fsp3) is 0.200. The van der Waals surface area contributed by atoms with Crippen LogP contribution in [0.5, 0.6) is 0 Å². The van der Waals surface area contributed by atoms with Crippen LogP contribution in [-0.4, -0.2) is 22.3 Å². The van der Waals surface area contributed by atoms with E-state index < -0.39 is 0 Å². The van der Waals surface area contributed by atoms with Gasteiger partial charge in [-0.3, -0.25) is 9.59 Å². The molecule has 0 atom stereocenters. The highest BCUT2D eigenvalue weighted by Crippen LogP contribution is 2.22. The number of thiophene rings is 1. The molecule has 0 radical (unpaired) electrons. The van der Waals surface area contributed by atoms with Crippen LogP contribution in [0, 0.1) is 0 Å². The lowest BCUT2D eigenvalue weighted by atomic mass is 10.0. The molecular weight excluding hydrogens is 332 g/mol. The molecule has 3 aromatic rings. The van der Waals surface area contributed by atoms with Gasteiger partial charge in [0.05, 0.1) is 12.1 Å². The van der Waals surface area contributed by atoms with Gasteiger partial charge in [0.2, 0.25) is 0 Å². The van der Waals surface area contributed by atoms with Crippen LogP contribution in [0.1, 0.15) is 32.1 Å². The molecule has 1 aliphatic heterocycles. The van der Waals surface area contributed by atoms with Gasteiger partial charge < -0.3 is 9.88 Å². The molecule has 0 fully saturated rings. The Morgan fingerprint density at radius 2 is 2.04 bits per heavy atom. The zero-order valence-electron chi connectivity index (χ0n) is 13.7. The molecule has 1 aromatic carbocycles. The molecule has 4 rings (SSSR count). The van der Waals surface area contributed by atoms with E-state index in [1.807, 2.05) is 29.6 Å². The Labute approximate surface area is 149 Å². The first kappa shape index (κ1) is 15.8. The van der Waals surface area contributed by atoms with Gasteiger partial charge in [-0.15, -0.1) is 11.3 Å². The van der Waals surface area contributed by atoms with Gasteiger partial charge in [-0.1, -0.05) is 30.3 Å². The summed E-state index contributed by atoms with van der Waals surface area (Å²) in [5, 5.41) is 1.92. The van der Waals surface area contributed by atoms with Gasteiger partial charge in [0, 0.05) is 53.2 Å². The number of pyridine rings is 1. The summed E-state index contributed by atoms with van der Waals surface area (Å²) in [4.78, 5) is 30.9. The van der Waals surface area contributed by atoms with Crippen molar-refractivity contribution in [3.8, 4) is 0 Å². The van der Waals surface area contributed by atoms with Gasteiger partial charge in [0.15, 0.2) is 5.43 Å². The third-order valence-corrected chi connectivity index (χ3v) is 5.48. The molecule has 0 saturated heterocycles. The number of aromatic nitrogens is 1. The molecule has 0 unspecified atom stereocenters. The standard InChI is InChI=1S/C20H18N2O2S/c23-19-6-8-21-18-7-9-22(12-17(18)19)20(24)15-11-16(25-13-15)10-14-4-2-1-3-5-14/h1-6,8,11,13H,7,9-10,12H2,(H,21,23). The minimum Gasteiger partial charge on any atom is -0.364 e. The van der Waals surface area contributed by atoms with Crippen LogP contribution in [0.15, 0.2) is 58.8 Å². The molecule has 2 aromatic heterocycles. The molecule has 3 heterocycles. The van der Waals surface area contributed by atoms with E-state index in [0.29, 0.717) is 30.6 Å². The Morgan fingerprint density at radius 1 is 1.20 bits per heavy atom. The van der Waals surface area contributed by atoms with Crippen molar-refractivity contribution in [3.63, 3.8) is 0 Å². The molecular formula is C20H18N2O2S. The van der Waals surface area contributed by atoms with Crippen molar-refractivity contribution in [1.29, 1.82) is 0 Å². The molecule has 4 nitrogen and oxygen atoms in total. The van der Waals surface area contributed by atoms with Crippen LogP contribution in [0.3, 0.4) is 0 Å². The molecule has 1 amide bonds. The zero-order valence-corrected chi connectivity index (χ0v) is 14.5. The maximum atomic E-state index is 12.8. The number of aromatic amines is 1. The summed E-state index contributed by atoms with van der Waals surface area (Å²) in [5.41, 5.74) is 3.61. The second-order valence-electron chi connectivity index (χ2n) is 6.24. The molecule has 1 aliphatic rings.